The third-order valence-corrected chi connectivity index (χ3v) is 4.07. The van der Waals surface area contributed by atoms with Crippen molar-refractivity contribution >= 4 is 17.3 Å². The zero-order valence-electron chi connectivity index (χ0n) is 13.7. The van der Waals surface area contributed by atoms with Gasteiger partial charge in [-0.05, 0) is 45.5 Å². The number of hydrogen-bond donors (Lipinski definition) is 2. The number of nitrogens with two attached hydrogens (primary N) is 1. The highest BCUT2D eigenvalue weighted by atomic mass is 16.5. The fraction of sp³-hybridized carbons (Fsp3) is 0.562. The first-order valence-corrected chi connectivity index (χ1v) is 7.24. The summed E-state index contributed by atoms with van der Waals surface area (Å²) in [7, 11) is 3.61. The Bertz CT molecular complexity index is 486. The summed E-state index contributed by atoms with van der Waals surface area (Å²) in [6.45, 7) is 7.20. The first kappa shape index (κ1) is 17.3. The Labute approximate surface area is 127 Å². The van der Waals surface area contributed by atoms with Crippen molar-refractivity contribution in [2.45, 2.75) is 39.2 Å². The van der Waals surface area contributed by atoms with Crippen LogP contribution in [-0.4, -0.2) is 37.0 Å². The second-order valence-corrected chi connectivity index (χ2v) is 5.85. The van der Waals surface area contributed by atoms with Crippen LogP contribution in [-0.2, 0) is 4.79 Å². The summed E-state index contributed by atoms with van der Waals surface area (Å²) in [5.41, 5.74) is 7.04. The number of nitrogens with one attached hydrogen (secondary N) is 1. The second kappa shape index (κ2) is 7.31. The van der Waals surface area contributed by atoms with Crippen LogP contribution in [0.15, 0.2) is 18.2 Å². The van der Waals surface area contributed by atoms with Gasteiger partial charge in [0.2, 0.25) is 5.91 Å². The predicted molar refractivity (Wildman–Crippen MR) is 87.7 cm³/mol. The van der Waals surface area contributed by atoms with E-state index >= 15 is 0 Å². The molecule has 1 aromatic carbocycles. The minimum Gasteiger partial charge on any atom is -0.495 e. The number of nitrogen functional groups attached to an aromatic ring is 1. The van der Waals surface area contributed by atoms with Crippen LogP contribution >= 0.6 is 0 Å². The molecule has 5 nitrogen and oxygen atoms in total. The maximum Gasteiger partial charge on any atom is 0.225 e. The van der Waals surface area contributed by atoms with Crippen molar-refractivity contribution < 1.29 is 9.53 Å². The summed E-state index contributed by atoms with van der Waals surface area (Å²) in [6, 6.07) is 5.19. The number of carbonyl (C=O) groups is 1. The highest BCUT2D eigenvalue weighted by Crippen LogP contribution is 2.26. The van der Waals surface area contributed by atoms with Crippen LogP contribution in [0.3, 0.4) is 0 Å². The van der Waals surface area contributed by atoms with Crippen molar-refractivity contribution in [3.05, 3.63) is 18.2 Å². The van der Waals surface area contributed by atoms with Gasteiger partial charge in [-0.2, -0.15) is 0 Å². The molecule has 0 unspecified atom stereocenters. The zero-order valence-corrected chi connectivity index (χ0v) is 13.7. The Hall–Kier alpha value is -1.75. The minimum absolute atomic E-state index is 0.0438. The Kier molecular flexibility index (Phi) is 6.03. The summed E-state index contributed by atoms with van der Waals surface area (Å²) in [6.07, 6.45) is 1.46. The van der Waals surface area contributed by atoms with Crippen LogP contribution in [0, 0.1) is 0 Å². The lowest BCUT2D eigenvalue weighted by molar-refractivity contribution is -0.116. The number of hydrogen-bond acceptors (Lipinski definition) is 4. The maximum absolute atomic E-state index is 12.1. The summed E-state index contributed by atoms with van der Waals surface area (Å²) < 4.78 is 5.22. The first-order valence-electron chi connectivity index (χ1n) is 7.24. The van der Waals surface area contributed by atoms with Gasteiger partial charge in [-0.25, -0.2) is 0 Å². The van der Waals surface area contributed by atoms with E-state index in [1.807, 2.05) is 7.05 Å². The number of nitrogens with zero attached hydrogens (tertiary/aromatic N) is 1. The van der Waals surface area contributed by atoms with Gasteiger partial charge in [-0.1, -0.05) is 6.92 Å². The molecule has 3 N–H and O–H groups in total. The number of benzene rings is 1. The fourth-order valence-electron chi connectivity index (χ4n) is 1.88. The molecule has 5 heteroatoms. The van der Waals surface area contributed by atoms with Gasteiger partial charge in [0.15, 0.2) is 0 Å². The molecule has 0 radical (unpaired) electrons. The molecular formula is C16H27N3O2. The van der Waals surface area contributed by atoms with E-state index in [2.05, 4.69) is 31.0 Å². The van der Waals surface area contributed by atoms with E-state index in [0.29, 0.717) is 30.1 Å². The van der Waals surface area contributed by atoms with Gasteiger partial charge in [0.05, 0.1) is 12.8 Å². The summed E-state index contributed by atoms with van der Waals surface area (Å²) in [5, 5.41) is 2.86. The maximum atomic E-state index is 12.1. The molecule has 21 heavy (non-hydrogen) atoms. The van der Waals surface area contributed by atoms with Gasteiger partial charge in [0.25, 0.3) is 0 Å². The largest absolute Gasteiger partial charge is 0.495 e. The fourth-order valence-corrected chi connectivity index (χ4v) is 1.88. The molecule has 0 aromatic heterocycles. The first-order chi connectivity index (χ1) is 9.80. The number of carbonyl (C=O) groups excluding carboxylic acids is 1. The van der Waals surface area contributed by atoms with Crippen LogP contribution < -0.4 is 15.8 Å². The van der Waals surface area contributed by atoms with Crippen molar-refractivity contribution in [3.63, 3.8) is 0 Å². The van der Waals surface area contributed by atoms with Crippen LogP contribution in [0.2, 0.25) is 0 Å². The lowest BCUT2D eigenvalue weighted by Gasteiger charge is -2.34. The lowest BCUT2D eigenvalue weighted by atomic mass is 10.00. The van der Waals surface area contributed by atoms with Crippen LogP contribution in [0.5, 0.6) is 5.75 Å². The third kappa shape index (κ3) is 4.93. The monoisotopic (exact) mass is 293 g/mol. The average molecular weight is 293 g/mol. The normalized spacial score (nSPS) is 11.5. The van der Waals surface area contributed by atoms with E-state index in [-0.39, 0.29) is 11.4 Å². The van der Waals surface area contributed by atoms with Gasteiger partial charge < -0.3 is 20.7 Å². The Morgan fingerprint density at radius 3 is 2.67 bits per heavy atom. The lowest BCUT2D eigenvalue weighted by Crippen LogP contribution is -2.41. The van der Waals surface area contributed by atoms with Crippen molar-refractivity contribution in [1.29, 1.82) is 0 Å². The van der Waals surface area contributed by atoms with E-state index in [1.54, 1.807) is 25.3 Å². The smallest absolute Gasteiger partial charge is 0.225 e. The van der Waals surface area contributed by atoms with Crippen LogP contribution in [0.4, 0.5) is 11.4 Å². The molecule has 0 aliphatic heterocycles. The van der Waals surface area contributed by atoms with Gasteiger partial charge >= 0.3 is 0 Å². The topological polar surface area (TPSA) is 67.6 Å². The molecule has 0 heterocycles. The van der Waals surface area contributed by atoms with E-state index in [1.165, 1.54) is 0 Å². The summed E-state index contributed by atoms with van der Waals surface area (Å²) >= 11 is 0. The molecule has 118 valence electrons. The van der Waals surface area contributed by atoms with Gasteiger partial charge in [-0.15, -0.1) is 0 Å². The molecule has 1 amide bonds. The molecule has 1 aromatic rings. The van der Waals surface area contributed by atoms with Crippen molar-refractivity contribution in [1.82, 2.24) is 4.90 Å². The van der Waals surface area contributed by atoms with Crippen molar-refractivity contribution in [2.75, 3.05) is 31.8 Å². The predicted octanol–water partition coefficient (Wildman–Crippen LogP) is 2.73. The van der Waals surface area contributed by atoms with E-state index in [0.717, 1.165) is 6.42 Å². The molecule has 0 aliphatic carbocycles. The Morgan fingerprint density at radius 2 is 2.10 bits per heavy atom. The van der Waals surface area contributed by atoms with Crippen molar-refractivity contribution in [3.8, 4) is 5.75 Å². The number of ether oxygens (including phenoxy) is 1. The second-order valence-electron chi connectivity index (χ2n) is 5.85. The molecule has 0 saturated carbocycles. The molecular weight excluding hydrogens is 266 g/mol. The highest BCUT2D eigenvalue weighted by molar-refractivity contribution is 5.93. The van der Waals surface area contributed by atoms with Gasteiger partial charge in [0.1, 0.15) is 5.75 Å². The zero-order chi connectivity index (χ0) is 16.0. The van der Waals surface area contributed by atoms with Gasteiger partial charge in [0, 0.05) is 24.2 Å². The Balaban J connectivity index is 2.61. The number of amides is 1. The van der Waals surface area contributed by atoms with E-state index < -0.39 is 0 Å². The third-order valence-electron chi connectivity index (χ3n) is 4.07. The highest BCUT2D eigenvalue weighted by Gasteiger charge is 2.21. The molecule has 0 saturated heterocycles. The summed E-state index contributed by atoms with van der Waals surface area (Å²) in [5.74, 6) is 0.567. The Morgan fingerprint density at radius 1 is 1.43 bits per heavy atom. The number of rotatable bonds is 7. The molecule has 0 bridgehead atoms. The molecule has 1 rings (SSSR count). The molecule has 0 fully saturated rings. The average Bonchev–Trinajstić information content (AvgIpc) is 2.45. The number of anilines is 2. The van der Waals surface area contributed by atoms with Gasteiger partial charge in [-0.3, -0.25) is 4.79 Å². The SMILES string of the molecule is CCC(C)(C)N(C)CCC(=O)Nc1cc(N)ccc1OC. The number of methoxy groups -OCH3 is 1. The molecule has 0 spiro atoms. The standard InChI is InChI=1S/C16H27N3O2/c1-6-16(2,3)19(4)10-9-15(20)18-13-11-12(17)7-8-14(13)21-5/h7-8,11H,6,9-10,17H2,1-5H3,(H,18,20). The van der Waals surface area contributed by atoms with Crippen LogP contribution in [0.25, 0.3) is 0 Å². The minimum atomic E-state index is -0.0438. The van der Waals surface area contributed by atoms with Crippen molar-refractivity contribution in [2.24, 2.45) is 0 Å². The van der Waals surface area contributed by atoms with E-state index in [9.17, 15) is 4.79 Å². The summed E-state index contributed by atoms with van der Waals surface area (Å²) in [4.78, 5) is 14.3. The van der Waals surface area contributed by atoms with Crippen LogP contribution in [0.1, 0.15) is 33.6 Å². The molecule has 0 atom stereocenters. The molecule has 0 aliphatic rings. The quantitative estimate of drug-likeness (QED) is 0.759. The van der Waals surface area contributed by atoms with E-state index in [4.69, 9.17) is 10.5 Å².